The fourth-order valence-corrected chi connectivity index (χ4v) is 1.70. The molecule has 2 amide bonds. The van der Waals surface area contributed by atoms with Crippen molar-refractivity contribution < 1.29 is 9.53 Å². The summed E-state index contributed by atoms with van der Waals surface area (Å²) in [5.74, 6) is 5.05. The number of morpholine rings is 1. The summed E-state index contributed by atoms with van der Waals surface area (Å²) in [5, 5.41) is 0. The number of nitrogens with two attached hydrogens (primary N) is 1. The zero-order chi connectivity index (χ0) is 10.1. The van der Waals surface area contributed by atoms with Gasteiger partial charge in [0.05, 0.1) is 18.2 Å². The van der Waals surface area contributed by atoms with Crippen molar-refractivity contribution in [3.63, 3.8) is 0 Å². The van der Waals surface area contributed by atoms with Crippen LogP contribution < -0.4 is 11.3 Å². The lowest BCUT2D eigenvalue weighted by Gasteiger charge is -2.41. The summed E-state index contributed by atoms with van der Waals surface area (Å²) in [6.45, 7) is 7.02. The second kappa shape index (κ2) is 3.51. The number of urea groups is 1. The van der Waals surface area contributed by atoms with Gasteiger partial charge in [0.25, 0.3) is 0 Å². The van der Waals surface area contributed by atoms with Gasteiger partial charge in [0, 0.05) is 6.54 Å². The van der Waals surface area contributed by atoms with Crippen molar-refractivity contribution in [2.75, 3.05) is 13.1 Å². The monoisotopic (exact) mass is 187 g/mol. The highest BCUT2D eigenvalue weighted by atomic mass is 16.5. The van der Waals surface area contributed by atoms with E-state index in [9.17, 15) is 4.79 Å². The van der Waals surface area contributed by atoms with E-state index in [0.29, 0.717) is 13.1 Å². The molecule has 1 aliphatic rings. The largest absolute Gasteiger partial charge is 0.369 e. The number of carbonyl (C=O) groups is 1. The Balaban J connectivity index is 2.62. The maximum absolute atomic E-state index is 11.2. The van der Waals surface area contributed by atoms with Crippen molar-refractivity contribution in [2.45, 2.75) is 32.5 Å². The van der Waals surface area contributed by atoms with Gasteiger partial charge in [-0.2, -0.15) is 0 Å². The molecule has 1 saturated heterocycles. The maximum Gasteiger partial charge on any atom is 0.331 e. The molecule has 0 aromatic carbocycles. The van der Waals surface area contributed by atoms with Gasteiger partial charge in [-0.15, -0.1) is 0 Å². The van der Waals surface area contributed by atoms with Gasteiger partial charge in [0.2, 0.25) is 0 Å². The number of carbonyl (C=O) groups excluding carboxylic acids is 1. The molecule has 76 valence electrons. The minimum absolute atomic E-state index is 0.0565. The Morgan fingerprint density at radius 3 is 2.77 bits per heavy atom. The van der Waals surface area contributed by atoms with Crippen molar-refractivity contribution in [1.82, 2.24) is 10.3 Å². The lowest BCUT2D eigenvalue weighted by atomic mass is 10.1. The quantitative estimate of drug-likeness (QED) is 0.320. The van der Waals surface area contributed by atoms with Crippen LogP contribution in [0, 0.1) is 0 Å². The lowest BCUT2D eigenvalue weighted by molar-refractivity contribution is -0.117. The van der Waals surface area contributed by atoms with Crippen molar-refractivity contribution in [3.8, 4) is 0 Å². The van der Waals surface area contributed by atoms with E-state index in [1.54, 1.807) is 4.90 Å². The highest BCUT2D eigenvalue weighted by molar-refractivity contribution is 5.73. The Kier molecular flexibility index (Phi) is 2.77. The van der Waals surface area contributed by atoms with Crippen LogP contribution in [0.15, 0.2) is 0 Å². The molecule has 0 aromatic rings. The van der Waals surface area contributed by atoms with E-state index in [-0.39, 0.29) is 17.7 Å². The number of nitrogens with zero attached hydrogens (tertiary/aromatic N) is 1. The molecule has 1 heterocycles. The predicted molar refractivity (Wildman–Crippen MR) is 48.9 cm³/mol. The van der Waals surface area contributed by atoms with Gasteiger partial charge in [-0.1, -0.05) is 0 Å². The van der Waals surface area contributed by atoms with Gasteiger partial charge in [0.1, 0.15) is 0 Å². The molecule has 0 aromatic heterocycles. The fraction of sp³-hybridized carbons (Fsp3) is 0.875. The summed E-state index contributed by atoms with van der Waals surface area (Å²) in [7, 11) is 0. The molecule has 0 radical (unpaired) electrons. The molecule has 1 fully saturated rings. The summed E-state index contributed by atoms with van der Waals surface area (Å²) >= 11 is 0. The topological polar surface area (TPSA) is 67.6 Å². The molecule has 5 nitrogen and oxygen atoms in total. The van der Waals surface area contributed by atoms with E-state index in [1.165, 1.54) is 0 Å². The van der Waals surface area contributed by atoms with Crippen LogP contribution in [0.2, 0.25) is 0 Å². The molecule has 0 aliphatic carbocycles. The summed E-state index contributed by atoms with van der Waals surface area (Å²) in [6, 6.07) is -0.247. The Hall–Kier alpha value is -0.810. The predicted octanol–water partition coefficient (Wildman–Crippen LogP) is 0.0690. The summed E-state index contributed by atoms with van der Waals surface area (Å²) in [4.78, 5) is 12.9. The zero-order valence-corrected chi connectivity index (χ0v) is 8.33. The van der Waals surface area contributed by atoms with Crippen molar-refractivity contribution in [2.24, 2.45) is 5.84 Å². The van der Waals surface area contributed by atoms with Crippen LogP contribution in [0.3, 0.4) is 0 Å². The number of amides is 2. The number of rotatable bonds is 0. The normalized spacial score (nSPS) is 27.1. The summed E-state index contributed by atoms with van der Waals surface area (Å²) in [5.41, 5.74) is 1.84. The zero-order valence-electron chi connectivity index (χ0n) is 8.33. The van der Waals surface area contributed by atoms with E-state index in [0.717, 1.165) is 0 Å². The molecular formula is C8H17N3O2. The number of hydrazine groups is 1. The third-order valence-electron chi connectivity index (χ3n) is 1.98. The standard InChI is InChI=1S/C8H17N3O2/c1-6-4-11(7(12)10-9)5-8(2,3)13-6/h6H,4-5,9H2,1-3H3,(H,10,12). The van der Waals surface area contributed by atoms with Crippen LogP contribution in [-0.4, -0.2) is 35.7 Å². The van der Waals surface area contributed by atoms with Crippen LogP contribution in [0.1, 0.15) is 20.8 Å². The SMILES string of the molecule is CC1CN(C(=O)NN)CC(C)(C)O1. The molecule has 0 bridgehead atoms. The first-order valence-corrected chi connectivity index (χ1v) is 4.38. The highest BCUT2D eigenvalue weighted by Crippen LogP contribution is 2.20. The van der Waals surface area contributed by atoms with Gasteiger partial charge in [-0.25, -0.2) is 10.6 Å². The lowest BCUT2D eigenvalue weighted by Crippen LogP contribution is -2.57. The number of hydrogen-bond acceptors (Lipinski definition) is 3. The van der Waals surface area contributed by atoms with Crippen LogP contribution in [0.4, 0.5) is 4.79 Å². The third-order valence-corrected chi connectivity index (χ3v) is 1.98. The van der Waals surface area contributed by atoms with Crippen molar-refractivity contribution in [1.29, 1.82) is 0 Å². The van der Waals surface area contributed by atoms with E-state index >= 15 is 0 Å². The van der Waals surface area contributed by atoms with E-state index in [1.807, 2.05) is 20.8 Å². The molecule has 1 atom stereocenters. The minimum atomic E-state index is -0.288. The van der Waals surface area contributed by atoms with Crippen LogP contribution in [-0.2, 0) is 4.74 Å². The Morgan fingerprint density at radius 2 is 2.31 bits per heavy atom. The highest BCUT2D eigenvalue weighted by Gasteiger charge is 2.33. The Labute approximate surface area is 78.2 Å². The average Bonchev–Trinajstić information content (AvgIpc) is 1.99. The first-order chi connectivity index (χ1) is 5.94. The van der Waals surface area contributed by atoms with Gasteiger partial charge < -0.3 is 9.64 Å². The summed E-state index contributed by atoms with van der Waals surface area (Å²) < 4.78 is 5.64. The third kappa shape index (κ3) is 2.57. The molecule has 13 heavy (non-hydrogen) atoms. The molecule has 1 aliphatic heterocycles. The Bertz CT molecular complexity index is 206. The van der Waals surface area contributed by atoms with Crippen molar-refractivity contribution >= 4 is 6.03 Å². The van der Waals surface area contributed by atoms with Crippen LogP contribution in [0.5, 0.6) is 0 Å². The first kappa shape index (κ1) is 10.3. The second-order valence-corrected chi connectivity index (χ2v) is 4.02. The molecule has 1 unspecified atom stereocenters. The van der Waals surface area contributed by atoms with Crippen LogP contribution in [0.25, 0.3) is 0 Å². The number of nitrogens with one attached hydrogen (secondary N) is 1. The molecular weight excluding hydrogens is 170 g/mol. The molecule has 0 spiro atoms. The molecule has 5 heteroatoms. The van der Waals surface area contributed by atoms with E-state index in [4.69, 9.17) is 10.6 Å². The number of hydrogen-bond donors (Lipinski definition) is 2. The minimum Gasteiger partial charge on any atom is -0.369 e. The van der Waals surface area contributed by atoms with Gasteiger partial charge in [-0.3, -0.25) is 5.43 Å². The fourth-order valence-electron chi connectivity index (χ4n) is 1.70. The van der Waals surface area contributed by atoms with Crippen LogP contribution >= 0.6 is 0 Å². The molecule has 3 N–H and O–H groups in total. The number of ether oxygens (including phenoxy) is 1. The molecule has 1 rings (SSSR count). The second-order valence-electron chi connectivity index (χ2n) is 4.02. The van der Waals surface area contributed by atoms with Gasteiger partial charge in [-0.05, 0) is 20.8 Å². The van der Waals surface area contributed by atoms with E-state index < -0.39 is 0 Å². The van der Waals surface area contributed by atoms with Gasteiger partial charge >= 0.3 is 6.03 Å². The van der Waals surface area contributed by atoms with Gasteiger partial charge in [0.15, 0.2) is 0 Å². The molecule has 0 saturated carbocycles. The summed E-state index contributed by atoms with van der Waals surface area (Å²) in [6.07, 6.45) is 0.0565. The maximum atomic E-state index is 11.2. The van der Waals surface area contributed by atoms with E-state index in [2.05, 4.69) is 5.43 Å². The smallest absolute Gasteiger partial charge is 0.331 e. The first-order valence-electron chi connectivity index (χ1n) is 4.38. The van der Waals surface area contributed by atoms with Crippen molar-refractivity contribution in [3.05, 3.63) is 0 Å². The Morgan fingerprint density at radius 1 is 1.69 bits per heavy atom. The average molecular weight is 187 g/mol.